The molecule has 1 aromatic heterocycles. The van der Waals surface area contributed by atoms with E-state index in [4.69, 9.17) is 0 Å². The van der Waals surface area contributed by atoms with Gasteiger partial charge in [-0.05, 0) is 55.8 Å². The fourth-order valence-electron chi connectivity index (χ4n) is 2.80. The number of halogens is 3. The minimum atomic E-state index is -4.37. The van der Waals surface area contributed by atoms with Crippen LogP contribution < -0.4 is 5.32 Å². The molecule has 0 radical (unpaired) electrons. The van der Waals surface area contributed by atoms with Crippen LogP contribution in [0, 0.1) is 5.92 Å². The third-order valence-corrected chi connectivity index (χ3v) is 3.72. The maximum atomic E-state index is 12.9. The van der Waals surface area contributed by atoms with Crippen LogP contribution in [0.2, 0.25) is 0 Å². The Morgan fingerprint density at radius 2 is 2.26 bits per heavy atom. The summed E-state index contributed by atoms with van der Waals surface area (Å²) in [5.74, 6) is 0.347. The molecule has 2 unspecified atom stereocenters. The predicted molar refractivity (Wildman–Crippen MR) is 67.9 cm³/mol. The molecule has 1 aliphatic rings. The van der Waals surface area contributed by atoms with Crippen molar-refractivity contribution in [2.75, 3.05) is 13.1 Å². The number of hydrogen-bond donors (Lipinski definition) is 1. The van der Waals surface area contributed by atoms with Gasteiger partial charge in [-0.2, -0.15) is 13.2 Å². The van der Waals surface area contributed by atoms with Crippen LogP contribution in [0.3, 0.4) is 0 Å². The van der Waals surface area contributed by atoms with Gasteiger partial charge in [-0.25, -0.2) is 0 Å². The Morgan fingerprint density at radius 3 is 2.89 bits per heavy atom. The van der Waals surface area contributed by atoms with Gasteiger partial charge in [0.2, 0.25) is 0 Å². The van der Waals surface area contributed by atoms with E-state index in [1.807, 2.05) is 6.92 Å². The number of pyridine rings is 1. The number of rotatable bonds is 3. The van der Waals surface area contributed by atoms with Crippen LogP contribution >= 0.6 is 0 Å². The molecule has 1 aromatic rings. The molecule has 0 amide bonds. The van der Waals surface area contributed by atoms with Crippen molar-refractivity contribution in [2.45, 2.75) is 38.3 Å². The van der Waals surface area contributed by atoms with Crippen molar-refractivity contribution < 1.29 is 13.2 Å². The van der Waals surface area contributed by atoms with Crippen molar-refractivity contribution >= 4 is 0 Å². The Hall–Kier alpha value is -1.10. The molecule has 1 saturated heterocycles. The number of aromatic nitrogens is 1. The van der Waals surface area contributed by atoms with E-state index in [9.17, 15) is 13.2 Å². The van der Waals surface area contributed by atoms with Gasteiger partial charge in [0.05, 0.1) is 0 Å². The highest BCUT2D eigenvalue weighted by atomic mass is 19.4. The van der Waals surface area contributed by atoms with E-state index in [2.05, 4.69) is 10.3 Å². The van der Waals surface area contributed by atoms with E-state index < -0.39 is 11.9 Å². The molecule has 0 aliphatic carbocycles. The summed E-state index contributed by atoms with van der Waals surface area (Å²) >= 11 is 0. The van der Waals surface area contributed by atoms with Crippen molar-refractivity contribution in [3.05, 3.63) is 29.6 Å². The summed E-state index contributed by atoms with van der Waals surface area (Å²) in [6.07, 6.45) is -0.172. The van der Waals surface area contributed by atoms with Crippen LogP contribution in [0.25, 0.3) is 0 Å². The van der Waals surface area contributed by atoms with Crippen LogP contribution in [-0.2, 0) is 6.18 Å². The molecule has 0 saturated carbocycles. The second kappa shape index (κ2) is 5.90. The summed E-state index contributed by atoms with van der Waals surface area (Å²) in [6.45, 7) is 3.79. The third kappa shape index (κ3) is 3.69. The van der Waals surface area contributed by atoms with E-state index in [1.165, 1.54) is 6.20 Å². The van der Waals surface area contributed by atoms with Gasteiger partial charge in [-0.1, -0.05) is 13.0 Å². The first-order valence-corrected chi connectivity index (χ1v) is 6.71. The molecule has 1 aliphatic heterocycles. The molecule has 5 heteroatoms. The van der Waals surface area contributed by atoms with Crippen molar-refractivity contribution in [1.29, 1.82) is 0 Å². The molecular weight excluding hydrogens is 253 g/mol. The van der Waals surface area contributed by atoms with Gasteiger partial charge in [-0.15, -0.1) is 0 Å². The van der Waals surface area contributed by atoms with Crippen LogP contribution in [0.5, 0.6) is 0 Å². The maximum Gasteiger partial charge on any atom is 0.433 e. The SMILES string of the molecule is CC(CC1CCCNC1)c1cccnc1C(F)(F)F. The van der Waals surface area contributed by atoms with Gasteiger partial charge < -0.3 is 5.32 Å². The highest BCUT2D eigenvalue weighted by molar-refractivity contribution is 5.26. The lowest BCUT2D eigenvalue weighted by atomic mass is 9.85. The first-order valence-electron chi connectivity index (χ1n) is 6.71. The summed E-state index contributed by atoms with van der Waals surface area (Å²) in [5.41, 5.74) is -0.410. The highest BCUT2D eigenvalue weighted by Gasteiger charge is 2.36. The zero-order valence-electron chi connectivity index (χ0n) is 11.0. The molecule has 19 heavy (non-hydrogen) atoms. The third-order valence-electron chi connectivity index (χ3n) is 3.72. The Labute approximate surface area is 111 Å². The van der Waals surface area contributed by atoms with E-state index in [1.54, 1.807) is 12.1 Å². The normalized spacial score (nSPS) is 22.2. The lowest BCUT2D eigenvalue weighted by molar-refractivity contribution is -0.142. The average Bonchev–Trinajstić information content (AvgIpc) is 2.39. The Morgan fingerprint density at radius 1 is 1.47 bits per heavy atom. The fraction of sp³-hybridized carbons (Fsp3) is 0.643. The van der Waals surface area contributed by atoms with Crippen LogP contribution in [0.15, 0.2) is 18.3 Å². The van der Waals surface area contributed by atoms with Crippen molar-refractivity contribution in [1.82, 2.24) is 10.3 Å². The predicted octanol–water partition coefficient (Wildman–Crippen LogP) is 3.59. The van der Waals surface area contributed by atoms with Crippen LogP contribution in [0.1, 0.15) is 43.4 Å². The van der Waals surface area contributed by atoms with Gasteiger partial charge in [0.1, 0.15) is 5.69 Å². The number of nitrogens with zero attached hydrogens (tertiary/aromatic N) is 1. The number of nitrogens with one attached hydrogen (secondary N) is 1. The van der Waals surface area contributed by atoms with Gasteiger partial charge >= 0.3 is 6.18 Å². The quantitative estimate of drug-likeness (QED) is 0.909. The second-order valence-corrected chi connectivity index (χ2v) is 5.29. The van der Waals surface area contributed by atoms with Crippen LogP contribution in [0.4, 0.5) is 13.2 Å². The molecule has 1 fully saturated rings. The van der Waals surface area contributed by atoms with Crippen molar-refractivity contribution in [2.24, 2.45) is 5.92 Å². The molecule has 0 spiro atoms. The maximum absolute atomic E-state index is 12.9. The second-order valence-electron chi connectivity index (χ2n) is 5.29. The van der Waals surface area contributed by atoms with Gasteiger partial charge in [0.15, 0.2) is 0 Å². The van der Waals surface area contributed by atoms with Gasteiger partial charge in [0, 0.05) is 6.20 Å². The summed E-state index contributed by atoms with van der Waals surface area (Å²) in [6, 6.07) is 3.14. The molecule has 2 heterocycles. The Bertz CT molecular complexity index is 411. The lowest BCUT2D eigenvalue weighted by Gasteiger charge is -2.26. The van der Waals surface area contributed by atoms with Gasteiger partial charge in [-0.3, -0.25) is 4.98 Å². The van der Waals surface area contributed by atoms with E-state index >= 15 is 0 Å². The molecule has 2 rings (SSSR count). The summed E-state index contributed by atoms with van der Waals surface area (Å²) in [5, 5.41) is 3.30. The molecular formula is C14H19F3N2. The van der Waals surface area contributed by atoms with E-state index in [0.717, 1.165) is 32.4 Å². The molecule has 0 bridgehead atoms. The van der Waals surface area contributed by atoms with E-state index in [0.29, 0.717) is 11.5 Å². The zero-order valence-corrected chi connectivity index (χ0v) is 11.0. The average molecular weight is 272 g/mol. The Balaban J connectivity index is 2.12. The summed E-state index contributed by atoms with van der Waals surface area (Å²) < 4.78 is 38.7. The molecule has 1 N–H and O–H groups in total. The van der Waals surface area contributed by atoms with E-state index in [-0.39, 0.29) is 5.92 Å². The summed E-state index contributed by atoms with van der Waals surface area (Å²) in [4.78, 5) is 3.52. The monoisotopic (exact) mass is 272 g/mol. The largest absolute Gasteiger partial charge is 0.433 e. The molecule has 106 valence electrons. The zero-order chi connectivity index (χ0) is 13.9. The molecule has 0 aromatic carbocycles. The standard InChI is InChI=1S/C14H19F3N2/c1-10(8-11-4-2-6-18-9-11)12-5-3-7-19-13(12)14(15,16)17/h3,5,7,10-11,18H,2,4,6,8-9H2,1H3. The molecule has 2 nitrogen and oxygen atoms in total. The molecule has 2 atom stereocenters. The number of alkyl halides is 3. The number of hydrogen-bond acceptors (Lipinski definition) is 2. The van der Waals surface area contributed by atoms with Crippen molar-refractivity contribution in [3.63, 3.8) is 0 Å². The summed E-state index contributed by atoms with van der Waals surface area (Å²) in [7, 11) is 0. The minimum absolute atomic E-state index is 0.116. The lowest BCUT2D eigenvalue weighted by Crippen LogP contribution is -2.30. The van der Waals surface area contributed by atoms with Crippen LogP contribution in [-0.4, -0.2) is 18.1 Å². The first kappa shape index (κ1) is 14.3. The van der Waals surface area contributed by atoms with Crippen molar-refractivity contribution in [3.8, 4) is 0 Å². The first-order chi connectivity index (χ1) is 8.98. The smallest absolute Gasteiger partial charge is 0.316 e. The topological polar surface area (TPSA) is 24.9 Å². The number of piperidine rings is 1. The highest BCUT2D eigenvalue weighted by Crippen LogP contribution is 2.36. The Kier molecular flexibility index (Phi) is 4.45. The fourth-order valence-corrected chi connectivity index (χ4v) is 2.80. The minimum Gasteiger partial charge on any atom is -0.316 e. The van der Waals surface area contributed by atoms with Gasteiger partial charge in [0.25, 0.3) is 0 Å².